The molecular formula is C29H29N3O15S. The molecule has 3 N–H and O–H groups in total. The van der Waals surface area contributed by atoms with E-state index in [1.54, 1.807) is 0 Å². The Bertz CT molecular complexity index is 1800. The molecule has 2 aliphatic rings. The molecule has 0 saturated carbocycles. The molecule has 1 aromatic carbocycles. The molecule has 2 atom stereocenters. The van der Waals surface area contributed by atoms with Crippen LogP contribution in [0.5, 0.6) is 11.5 Å². The number of thioether (sulfide) groups is 1. The van der Waals surface area contributed by atoms with Gasteiger partial charge in [-0.15, -0.1) is 11.8 Å². The van der Waals surface area contributed by atoms with E-state index in [1.165, 1.54) is 20.8 Å². The zero-order valence-corrected chi connectivity index (χ0v) is 26.7. The zero-order chi connectivity index (χ0) is 35.3. The number of hydrogen-bond donors (Lipinski definition) is 3. The molecular weight excluding hydrogens is 662 g/mol. The molecule has 48 heavy (non-hydrogen) atoms. The van der Waals surface area contributed by atoms with Gasteiger partial charge in [0.05, 0.1) is 25.1 Å². The van der Waals surface area contributed by atoms with Crippen LogP contribution < -0.4 is 25.5 Å². The van der Waals surface area contributed by atoms with Crippen molar-refractivity contribution < 1.29 is 66.8 Å². The van der Waals surface area contributed by atoms with Crippen molar-refractivity contribution in [3.8, 4) is 11.5 Å². The number of carboxylic acids is 1. The molecule has 4 rings (SSSR count). The lowest BCUT2D eigenvalue weighted by Crippen LogP contribution is -2.71. The Kier molecular flexibility index (Phi) is 10.9. The lowest BCUT2D eigenvalue weighted by molar-refractivity contribution is -0.150. The van der Waals surface area contributed by atoms with Gasteiger partial charge in [-0.3, -0.25) is 28.9 Å². The molecule has 1 saturated heterocycles. The minimum Gasteiger partial charge on any atom is -0.477 e. The summed E-state index contributed by atoms with van der Waals surface area (Å²) in [5.41, 5.74) is -1.65. The summed E-state index contributed by atoms with van der Waals surface area (Å²) in [6.45, 7) is 4.45. The lowest BCUT2D eigenvalue weighted by Gasteiger charge is -2.49. The van der Waals surface area contributed by atoms with Gasteiger partial charge in [-0.1, -0.05) is 0 Å². The van der Waals surface area contributed by atoms with Gasteiger partial charge in [-0.2, -0.15) is 0 Å². The Hall–Kier alpha value is -5.59. The first kappa shape index (κ1) is 35.3. The third kappa shape index (κ3) is 7.51. The number of amides is 3. The van der Waals surface area contributed by atoms with E-state index in [-0.39, 0.29) is 59.3 Å². The number of aryl methyl sites for hydroxylation is 1. The molecule has 3 amide bonds. The summed E-state index contributed by atoms with van der Waals surface area (Å²) in [4.78, 5) is 100.0. The fourth-order valence-electron chi connectivity index (χ4n) is 4.67. The Morgan fingerprint density at radius 2 is 1.62 bits per heavy atom. The number of aliphatic carboxylic acids is 1. The summed E-state index contributed by atoms with van der Waals surface area (Å²) in [6.07, 6.45) is -2.32. The summed E-state index contributed by atoms with van der Waals surface area (Å²) in [6, 6.07) is 0.972. The van der Waals surface area contributed by atoms with Crippen molar-refractivity contribution in [2.45, 2.75) is 39.1 Å². The van der Waals surface area contributed by atoms with Crippen LogP contribution in [-0.2, 0) is 33.4 Å². The summed E-state index contributed by atoms with van der Waals surface area (Å²) >= 11 is 1.15. The second-order valence-corrected chi connectivity index (χ2v) is 11.0. The smallest absolute Gasteiger partial charge is 0.477 e. The Morgan fingerprint density at radius 3 is 2.21 bits per heavy atom. The molecule has 0 unspecified atom stereocenters. The quantitative estimate of drug-likeness (QED) is 0.130. The van der Waals surface area contributed by atoms with Gasteiger partial charge in [0.15, 0.2) is 11.5 Å². The first-order chi connectivity index (χ1) is 22.8. The standard InChI is InChI=1S/C29H29N3O15S/c1-5-42-28(40)46-17-7-15-16(8-18(17)47-29(41)43-6-2)45-12(3)20(23(15)35)24(36)30-9-19(34)31-21-25(37)32-22(27(38)39)14(10-44-13(4)33)11-48-26(21)32/h7-8,21,26H,5-6,9-11H2,1-4H3,(H,30,36)(H,31,34)(H,38,39)/t21-,26-/m1/s1. The van der Waals surface area contributed by atoms with Crippen LogP contribution in [0.3, 0.4) is 0 Å². The molecule has 2 aliphatic heterocycles. The molecule has 0 radical (unpaired) electrons. The van der Waals surface area contributed by atoms with E-state index in [0.717, 1.165) is 35.7 Å². The number of nitrogens with zero attached hydrogens (tertiary/aromatic N) is 1. The van der Waals surface area contributed by atoms with Crippen LogP contribution in [0.4, 0.5) is 9.59 Å². The largest absolute Gasteiger partial charge is 0.513 e. The van der Waals surface area contributed by atoms with Crippen LogP contribution >= 0.6 is 11.8 Å². The third-order valence-electron chi connectivity index (χ3n) is 6.70. The average molecular weight is 692 g/mol. The zero-order valence-electron chi connectivity index (χ0n) is 25.9. The molecule has 19 heteroatoms. The van der Waals surface area contributed by atoms with E-state index >= 15 is 0 Å². The topological polar surface area (TPSA) is 243 Å². The number of esters is 1. The van der Waals surface area contributed by atoms with Gasteiger partial charge >= 0.3 is 24.2 Å². The van der Waals surface area contributed by atoms with Gasteiger partial charge in [-0.05, 0) is 26.8 Å². The molecule has 0 bridgehead atoms. The van der Waals surface area contributed by atoms with Gasteiger partial charge < -0.3 is 43.8 Å². The van der Waals surface area contributed by atoms with Crippen molar-refractivity contribution in [2.75, 3.05) is 32.1 Å². The Labute approximate surface area is 274 Å². The maximum Gasteiger partial charge on any atom is 0.513 e. The van der Waals surface area contributed by atoms with E-state index < -0.39 is 76.7 Å². The second kappa shape index (κ2) is 14.9. The molecule has 18 nitrogen and oxygen atoms in total. The SMILES string of the molecule is CCOC(=O)Oc1cc2oc(C)c(C(=O)NCC(=O)N[C@@H]3C(=O)N4C(C(=O)O)=C(COC(C)=O)CS[C@H]34)c(=O)c2cc1OC(=O)OCC. The number of rotatable bonds is 11. The van der Waals surface area contributed by atoms with Crippen molar-refractivity contribution in [3.05, 3.63) is 44.9 Å². The minimum atomic E-state index is -1.40. The second-order valence-electron chi connectivity index (χ2n) is 9.90. The van der Waals surface area contributed by atoms with Gasteiger partial charge in [0.1, 0.15) is 40.6 Å². The van der Waals surface area contributed by atoms with Crippen molar-refractivity contribution >= 4 is 64.7 Å². The summed E-state index contributed by atoms with van der Waals surface area (Å²) in [7, 11) is 0. The molecule has 3 heterocycles. The Balaban J connectivity index is 1.49. The van der Waals surface area contributed by atoms with Gasteiger partial charge in [-0.25, -0.2) is 14.4 Å². The lowest BCUT2D eigenvalue weighted by atomic mass is 10.0. The van der Waals surface area contributed by atoms with Crippen molar-refractivity contribution in [2.24, 2.45) is 0 Å². The number of carboxylic acid groups (broad SMARTS) is 1. The van der Waals surface area contributed by atoms with Crippen LogP contribution in [0, 0.1) is 6.92 Å². The van der Waals surface area contributed by atoms with Gasteiger partial charge in [0, 0.05) is 24.3 Å². The first-order valence-electron chi connectivity index (χ1n) is 14.2. The van der Waals surface area contributed by atoms with Crippen LogP contribution in [0.25, 0.3) is 11.0 Å². The van der Waals surface area contributed by atoms with E-state index in [2.05, 4.69) is 10.6 Å². The molecule has 0 spiro atoms. The number of carbonyl (C=O) groups excluding carboxylic acids is 6. The third-order valence-corrected chi connectivity index (χ3v) is 8.04. The predicted octanol–water partition coefficient (Wildman–Crippen LogP) is 1.20. The fourth-order valence-corrected chi connectivity index (χ4v) is 5.99. The Morgan fingerprint density at radius 1 is 1.00 bits per heavy atom. The highest BCUT2D eigenvalue weighted by molar-refractivity contribution is 8.00. The minimum absolute atomic E-state index is 0.0248. The van der Waals surface area contributed by atoms with Crippen LogP contribution in [0.1, 0.15) is 36.9 Å². The normalized spacial score (nSPS) is 16.7. The number of carbonyl (C=O) groups is 7. The number of fused-ring (bicyclic) bond motifs is 2. The predicted molar refractivity (Wildman–Crippen MR) is 161 cm³/mol. The number of β-lactam (4-membered cyclic amide) rings is 1. The van der Waals surface area contributed by atoms with Crippen LogP contribution in [-0.4, -0.2) is 95.5 Å². The van der Waals surface area contributed by atoms with Crippen LogP contribution in [0.2, 0.25) is 0 Å². The monoisotopic (exact) mass is 691 g/mol. The number of benzene rings is 1. The van der Waals surface area contributed by atoms with Gasteiger partial charge in [0.2, 0.25) is 11.3 Å². The molecule has 1 aromatic heterocycles. The highest BCUT2D eigenvalue weighted by atomic mass is 32.2. The van der Waals surface area contributed by atoms with Crippen molar-refractivity contribution in [1.82, 2.24) is 15.5 Å². The summed E-state index contributed by atoms with van der Waals surface area (Å²) < 4.78 is 30.1. The first-order valence-corrected chi connectivity index (χ1v) is 15.2. The summed E-state index contributed by atoms with van der Waals surface area (Å²) in [5, 5.41) is 13.4. The molecule has 1 fully saturated rings. The van der Waals surface area contributed by atoms with E-state index in [0.29, 0.717) is 0 Å². The molecule has 256 valence electrons. The van der Waals surface area contributed by atoms with E-state index in [9.17, 15) is 43.5 Å². The van der Waals surface area contributed by atoms with Gasteiger partial charge in [0.25, 0.3) is 11.8 Å². The van der Waals surface area contributed by atoms with Crippen molar-refractivity contribution in [3.63, 3.8) is 0 Å². The highest BCUT2D eigenvalue weighted by Crippen LogP contribution is 2.40. The number of nitrogens with one attached hydrogen (secondary N) is 2. The maximum absolute atomic E-state index is 13.4. The fraction of sp³-hybridized carbons (Fsp3) is 0.379. The molecule has 0 aliphatic carbocycles. The highest BCUT2D eigenvalue weighted by Gasteiger charge is 2.54. The number of ether oxygens (including phenoxy) is 5. The van der Waals surface area contributed by atoms with Crippen LogP contribution in [0.15, 0.2) is 32.6 Å². The summed E-state index contributed by atoms with van der Waals surface area (Å²) in [5.74, 6) is -5.41. The van der Waals surface area contributed by atoms with E-state index in [4.69, 9.17) is 28.1 Å². The van der Waals surface area contributed by atoms with Crippen molar-refractivity contribution in [1.29, 1.82) is 0 Å². The number of hydrogen-bond acceptors (Lipinski definition) is 15. The maximum atomic E-state index is 13.4. The molecule has 2 aromatic rings. The van der Waals surface area contributed by atoms with E-state index in [1.807, 2.05) is 0 Å². The average Bonchev–Trinajstić information content (AvgIpc) is 3.01.